The minimum atomic E-state index is 0.302. The van der Waals surface area contributed by atoms with Crippen LogP contribution < -0.4 is 5.32 Å². The molecule has 5 heteroatoms. The Hall–Kier alpha value is -0.940. The molecule has 1 aromatic heterocycles. The third kappa shape index (κ3) is 1.78. The lowest BCUT2D eigenvalue weighted by Crippen LogP contribution is -2.16. The van der Waals surface area contributed by atoms with Gasteiger partial charge in [-0.15, -0.1) is 0 Å². The van der Waals surface area contributed by atoms with Crippen LogP contribution in [-0.4, -0.2) is 36.9 Å². The SMILES string of the molecule is COCC1CNCC1c1nc(C)no1. The number of hydrogen-bond acceptors (Lipinski definition) is 5. The van der Waals surface area contributed by atoms with Gasteiger partial charge in [0.05, 0.1) is 12.5 Å². The molecule has 1 N–H and O–H groups in total. The van der Waals surface area contributed by atoms with Gasteiger partial charge in [-0.05, 0) is 6.92 Å². The third-order valence-corrected chi connectivity index (χ3v) is 2.58. The van der Waals surface area contributed by atoms with Crippen LogP contribution in [0.15, 0.2) is 4.52 Å². The van der Waals surface area contributed by atoms with Gasteiger partial charge < -0.3 is 14.6 Å². The van der Waals surface area contributed by atoms with E-state index in [1.165, 1.54) is 0 Å². The molecule has 0 aromatic carbocycles. The summed E-state index contributed by atoms with van der Waals surface area (Å²) >= 11 is 0. The molecule has 0 radical (unpaired) electrons. The van der Waals surface area contributed by atoms with Crippen molar-refractivity contribution >= 4 is 0 Å². The summed E-state index contributed by atoms with van der Waals surface area (Å²) in [6, 6.07) is 0. The molecule has 14 heavy (non-hydrogen) atoms. The number of nitrogens with zero attached hydrogens (tertiary/aromatic N) is 2. The van der Waals surface area contributed by atoms with Crippen LogP contribution in [-0.2, 0) is 4.74 Å². The zero-order valence-corrected chi connectivity index (χ0v) is 8.49. The molecule has 1 fully saturated rings. The van der Waals surface area contributed by atoms with E-state index in [1.807, 2.05) is 6.92 Å². The van der Waals surface area contributed by atoms with Gasteiger partial charge in [-0.1, -0.05) is 5.16 Å². The zero-order valence-electron chi connectivity index (χ0n) is 8.49. The van der Waals surface area contributed by atoms with Crippen LogP contribution >= 0.6 is 0 Å². The average molecular weight is 197 g/mol. The second-order valence-corrected chi connectivity index (χ2v) is 3.66. The predicted octanol–water partition coefficient (Wildman–Crippen LogP) is 0.327. The molecule has 0 saturated carbocycles. The van der Waals surface area contributed by atoms with Crippen LogP contribution in [0.2, 0.25) is 0 Å². The van der Waals surface area contributed by atoms with Gasteiger partial charge in [0.25, 0.3) is 0 Å². The lowest BCUT2D eigenvalue weighted by molar-refractivity contribution is 0.146. The molecule has 78 valence electrons. The number of nitrogens with one attached hydrogen (secondary N) is 1. The summed E-state index contributed by atoms with van der Waals surface area (Å²) in [6.07, 6.45) is 0. The van der Waals surface area contributed by atoms with Crippen LogP contribution in [0.1, 0.15) is 17.6 Å². The molecule has 2 heterocycles. The first-order valence-corrected chi connectivity index (χ1v) is 4.81. The topological polar surface area (TPSA) is 60.2 Å². The Morgan fingerprint density at radius 3 is 3.07 bits per heavy atom. The summed E-state index contributed by atoms with van der Waals surface area (Å²) in [5, 5.41) is 7.11. The van der Waals surface area contributed by atoms with Crippen LogP contribution in [0.25, 0.3) is 0 Å². The highest BCUT2D eigenvalue weighted by Crippen LogP contribution is 2.26. The fourth-order valence-corrected chi connectivity index (χ4v) is 1.87. The van der Waals surface area contributed by atoms with Gasteiger partial charge in [-0.3, -0.25) is 0 Å². The Balaban J connectivity index is 2.09. The van der Waals surface area contributed by atoms with Gasteiger partial charge in [0.2, 0.25) is 5.89 Å². The standard InChI is InChI=1S/C9H15N3O2/c1-6-11-9(14-12-6)8-4-10-3-7(8)5-13-2/h7-8,10H,3-5H2,1-2H3. The minimum absolute atomic E-state index is 0.302. The summed E-state index contributed by atoms with van der Waals surface area (Å²) in [7, 11) is 1.72. The van der Waals surface area contributed by atoms with E-state index in [0.717, 1.165) is 25.6 Å². The lowest BCUT2D eigenvalue weighted by Gasteiger charge is -2.12. The molecule has 0 bridgehead atoms. The fourth-order valence-electron chi connectivity index (χ4n) is 1.87. The Morgan fingerprint density at radius 1 is 1.57 bits per heavy atom. The molecule has 1 aromatic rings. The van der Waals surface area contributed by atoms with Crippen LogP contribution in [0.5, 0.6) is 0 Å². The highest BCUT2D eigenvalue weighted by molar-refractivity contribution is 5.01. The smallest absolute Gasteiger partial charge is 0.231 e. The first-order valence-electron chi connectivity index (χ1n) is 4.81. The van der Waals surface area contributed by atoms with Crippen LogP contribution in [0, 0.1) is 12.8 Å². The highest BCUT2D eigenvalue weighted by atomic mass is 16.5. The maximum Gasteiger partial charge on any atom is 0.231 e. The van der Waals surface area contributed by atoms with Gasteiger partial charge >= 0.3 is 0 Å². The van der Waals surface area contributed by atoms with Gasteiger partial charge in [0.15, 0.2) is 5.82 Å². The molecular formula is C9H15N3O2. The molecule has 1 saturated heterocycles. The molecule has 2 unspecified atom stereocenters. The molecule has 0 amide bonds. The van der Waals surface area contributed by atoms with E-state index in [1.54, 1.807) is 7.11 Å². The normalized spacial score (nSPS) is 27.0. The maximum absolute atomic E-state index is 5.17. The largest absolute Gasteiger partial charge is 0.384 e. The van der Waals surface area contributed by atoms with E-state index >= 15 is 0 Å². The number of methoxy groups -OCH3 is 1. The van der Waals surface area contributed by atoms with Crippen molar-refractivity contribution in [2.24, 2.45) is 5.92 Å². The van der Waals surface area contributed by atoms with Crippen LogP contribution in [0.4, 0.5) is 0 Å². The Morgan fingerprint density at radius 2 is 2.43 bits per heavy atom. The van der Waals surface area contributed by atoms with Crippen molar-refractivity contribution in [3.63, 3.8) is 0 Å². The molecular weight excluding hydrogens is 182 g/mol. The number of aromatic nitrogens is 2. The minimum Gasteiger partial charge on any atom is -0.384 e. The lowest BCUT2D eigenvalue weighted by atomic mass is 9.97. The molecule has 1 aliphatic rings. The van der Waals surface area contributed by atoms with E-state index in [0.29, 0.717) is 17.7 Å². The van der Waals surface area contributed by atoms with E-state index in [9.17, 15) is 0 Å². The second-order valence-electron chi connectivity index (χ2n) is 3.66. The number of aryl methyl sites for hydroxylation is 1. The summed E-state index contributed by atoms with van der Waals surface area (Å²) in [5.41, 5.74) is 0. The number of hydrogen-bond donors (Lipinski definition) is 1. The predicted molar refractivity (Wildman–Crippen MR) is 50.0 cm³/mol. The van der Waals surface area contributed by atoms with E-state index in [-0.39, 0.29) is 0 Å². The fraction of sp³-hybridized carbons (Fsp3) is 0.778. The Labute approximate surface area is 82.8 Å². The quantitative estimate of drug-likeness (QED) is 0.756. The van der Waals surface area contributed by atoms with Crippen molar-refractivity contribution in [1.29, 1.82) is 0 Å². The van der Waals surface area contributed by atoms with Crippen molar-refractivity contribution in [2.75, 3.05) is 26.8 Å². The first-order chi connectivity index (χ1) is 6.81. The van der Waals surface area contributed by atoms with Gasteiger partial charge in [-0.25, -0.2) is 0 Å². The van der Waals surface area contributed by atoms with E-state index in [4.69, 9.17) is 9.26 Å². The summed E-state index contributed by atoms with van der Waals surface area (Å²) in [4.78, 5) is 4.25. The van der Waals surface area contributed by atoms with Crippen molar-refractivity contribution in [3.05, 3.63) is 11.7 Å². The molecule has 2 atom stereocenters. The van der Waals surface area contributed by atoms with Gasteiger partial charge in [0, 0.05) is 26.1 Å². The molecule has 0 aliphatic carbocycles. The zero-order chi connectivity index (χ0) is 9.97. The average Bonchev–Trinajstić information content (AvgIpc) is 2.74. The Kier molecular flexibility index (Phi) is 2.79. The summed E-state index contributed by atoms with van der Waals surface area (Å²) in [5.74, 6) is 2.17. The number of rotatable bonds is 3. The summed E-state index contributed by atoms with van der Waals surface area (Å²) in [6.45, 7) is 4.43. The van der Waals surface area contributed by atoms with E-state index < -0.39 is 0 Å². The molecule has 5 nitrogen and oxygen atoms in total. The van der Waals surface area contributed by atoms with Crippen molar-refractivity contribution < 1.29 is 9.26 Å². The molecule has 2 rings (SSSR count). The first kappa shape index (κ1) is 9.61. The second kappa shape index (κ2) is 4.06. The highest BCUT2D eigenvalue weighted by Gasteiger charge is 2.32. The van der Waals surface area contributed by atoms with Crippen molar-refractivity contribution in [1.82, 2.24) is 15.5 Å². The van der Waals surface area contributed by atoms with Gasteiger partial charge in [-0.2, -0.15) is 4.98 Å². The summed E-state index contributed by atoms with van der Waals surface area (Å²) < 4.78 is 10.3. The van der Waals surface area contributed by atoms with Gasteiger partial charge in [0.1, 0.15) is 0 Å². The Bertz CT molecular complexity index is 300. The molecule has 1 aliphatic heterocycles. The van der Waals surface area contributed by atoms with Crippen molar-refractivity contribution in [3.8, 4) is 0 Å². The van der Waals surface area contributed by atoms with Crippen molar-refractivity contribution in [2.45, 2.75) is 12.8 Å². The monoisotopic (exact) mass is 197 g/mol. The van der Waals surface area contributed by atoms with Crippen LogP contribution in [0.3, 0.4) is 0 Å². The van der Waals surface area contributed by atoms with E-state index in [2.05, 4.69) is 15.5 Å². The molecule has 0 spiro atoms. The third-order valence-electron chi connectivity index (χ3n) is 2.58. The maximum atomic E-state index is 5.17. The number of ether oxygens (including phenoxy) is 1.